The second-order valence-corrected chi connectivity index (χ2v) is 12.1. The fourth-order valence-electron chi connectivity index (χ4n) is 5.44. The third-order valence-corrected chi connectivity index (χ3v) is 8.33. The number of amides is 2. The number of likely N-dealkylation sites (tertiary alicyclic amines) is 1. The van der Waals surface area contributed by atoms with Crippen molar-refractivity contribution in [1.29, 1.82) is 0 Å². The molecule has 1 saturated heterocycles. The van der Waals surface area contributed by atoms with Crippen molar-refractivity contribution in [1.82, 2.24) is 15.5 Å². The Morgan fingerprint density at radius 3 is 2.40 bits per heavy atom. The number of nitrogens with one attached hydrogen (secondary N) is 2. The Bertz CT molecular complexity index is 921. The van der Waals surface area contributed by atoms with E-state index in [0.29, 0.717) is 37.5 Å². The summed E-state index contributed by atoms with van der Waals surface area (Å²) in [6.07, 6.45) is 4.65. The molecule has 0 aromatic heterocycles. The molecule has 0 radical (unpaired) electrons. The van der Waals surface area contributed by atoms with Gasteiger partial charge in [-0.15, -0.1) is 24.8 Å². The first-order valence-corrected chi connectivity index (χ1v) is 14.9. The van der Waals surface area contributed by atoms with Crippen LogP contribution in [-0.2, 0) is 9.53 Å². The number of aliphatic hydroxyl groups is 1. The van der Waals surface area contributed by atoms with Crippen LogP contribution < -0.4 is 21.1 Å². The van der Waals surface area contributed by atoms with Gasteiger partial charge in [-0.05, 0) is 83.5 Å². The van der Waals surface area contributed by atoms with E-state index in [1.807, 2.05) is 26.0 Å². The van der Waals surface area contributed by atoms with Crippen molar-refractivity contribution in [2.45, 2.75) is 84.4 Å². The molecule has 0 saturated carbocycles. The summed E-state index contributed by atoms with van der Waals surface area (Å²) >= 11 is 0. The predicted molar refractivity (Wildman–Crippen MR) is 174 cm³/mol. The van der Waals surface area contributed by atoms with Gasteiger partial charge in [0, 0.05) is 38.9 Å². The lowest BCUT2D eigenvalue weighted by Crippen LogP contribution is -2.55. The number of carbonyl (C=O) groups is 2. The largest absolute Gasteiger partial charge is 0.493 e. The number of para-hydroxylation sites is 1. The third kappa shape index (κ3) is 12.5. The molecule has 0 unspecified atom stereocenters. The number of aliphatic hydroxyl groups excluding tert-OH is 1. The summed E-state index contributed by atoms with van der Waals surface area (Å²) in [6.45, 7) is 10.8. The van der Waals surface area contributed by atoms with Crippen molar-refractivity contribution < 1.29 is 24.2 Å². The highest BCUT2D eigenvalue weighted by molar-refractivity contribution is 5.96. The van der Waals surface area contributed by atoms with Crippen molar-refractivity contribution in [3.63, 3.8) is 0 Å². The Kier molecular flexibility index (Phi) is 19.6. The first-order chi connectivity index (χ1) is 19.0. The number of benzene rings is 1. The molecule has 1 aliphatic rings. The SMILES string of the molecule is COCCCCOc1ccccc1C(=O)NC[C@@H](C[C@H](N)[C@@H](O)CNC(=O)C(C)(C)[C@H]1CCCCN1C)C(C)C.Cl.Cl. The molecular weight excluding hydrogens is 579 g/mol. The summed E-state index contributed by atoms with van der Waals surface area (Å²) in [5.74, 6) is 0.586. The topological polar surface area (TPSA) is 126 Å². The van der Waals surface area contributed by atoms with Crippen molar-refractivity contribution in [2.75, 3.05) is 47.0 Å². The van der Waals surface area contributed by atoms with Gasteiger partial charge in [0.1, 0.15) is 5.75 Å². The minimum atomic E-state index is -0.881. The number of hydrogen-bond donors (Lipinski definition) is 4. The minimum Gasteiger partial charge on any atom is -0.493 e. The summed E-state index contributed by atoms with van der Waals surface area (Å²) in [4.78, 5) is 28.4. The van der Waals surface area contributed by atoms with Crippen LogP contribution in [0.3, 0.4) is 0 Å². The van der Waals surface area contributed by atoms with E-state index in [0.717, 1.165) is 38.6 Å². The number of piperidine rings is 1. The zero-order valence-corrected chi connectivity index (χ0v) is 28.0. The van der Waals surface area contributed by atoms with Gasteiger partial charge in [-0.2, -0.15) is 0 Å². The maximum Gasteiger partial charge on any atom is 0.255 e. The van der Waals surface area contributed by atoms with Crippen LogP contribution in [0.5, 0.6) is 5.75 Å². The summed E-state index contributed by atoms with van der Waals surface area (Å²) < 4.78 is 10.9. The molecule has 5 N–H and O–H groups in total. The normalized spacial score (nSPS) is 17.8. The van der Waals surface area contributed by atoms with E-state index < -0.39 is 17.6 Å². The zero-order valence-electron chi connectivity index (χ0n) is 26.4. The van der Waals surface area contributed by atoms with E-state index in [1.165, 1.54) is 0 Å². The first kappa shape index (κ1) is 40.4. The summed E-state index contributed by atoms with van der Waals surface area (Å²) in [5, 5.41) is 16.8. The van der Waals surface area contributed by atoms with Gasteiger partial charge in [-0.1, -0.05) is 32.4 Å². The Morgan fingerprint density at radius 2 is 1.76 bits per heavy atom. The molecule has 1 heterocycles. The number of hydrogen-bond acceptors (Lipinski definition) is 7. The summed E-state index contributed by atoms with van der Waals surface area (Å²) in [6, 6.07) is 6.88. The summed E-state index contributed by atoms with van der Waals surface area (Å²) in [5.41, 5.74) is 6.33. The third-order valence-electron chi connectivity index (χ3n) is 8.33. The second-order valence-electron chi connectivity index (χ2n) is 12.1. The van der Waals surface area contributed by atoms with Crippen LogP contribution in [0.4, 0.5) is 0 Å². The van der Waals surface area contributed by atoms with Gasteiger partial charge < -0.3 is 35.8 Å². The number of carbonyl (C=O) groups excluding carboxylic acids is 2. The Morgan fingerprint density at radius 1 is 1.10 bits per heavy atom. The average molecular weight is 636 g/mol. The second kappa shape index (κ2) is 20.4. The lowest BCUT2D eigenvalue weighted by molar-refractivity contribution is -0.134. The van der Waals surface area contributed by atoms with E-state index in [1.54, 1.807) is 19.2 Å². The lowest BCUT2D eigenvalue weighted by Gasteiger charge is -2.42. The number of nitrogens with two attached hydrogens (primary N) is 1. The number of methoxy groups -OCH3 is 1. The van der Waals surface area contributed by atoms with Crippen LogP contribution in [0.15, 0.2) is 24.3 Å². The van der Waals surface area contributed by atoms with E-state index in [-0.39, 0.29) is 61.1 Å². The maximum absolute atomic E-state index is 13.1. The quantitative estimate of drug-likeness (QED) is 0.191. The van der Waals surface area contributed by atoms with E-state index in [2.05, 4.69) is 36.4 Å². The monoisotopic (exact) mass is 634 g/mol. The molecule has 1 aliphatic heterocycles. The highest BCUT2D eigenvalue weighted by atomic mass is 35.5. The van der Waals surface area contributed by atoms with Crippen LogP contribution in [0.1, 0.15) is 76.6 Å². The number of rotatable bonds is 17. The molecule has 4 atom stereocenters. The van der Waals surface area contributed by atoms with Crippen molar-refractivity contribution in [3.8, 4) is 5.75 Å². The number of unbranched alkanes of at least 4 members (excludes halogenated alkanes) is 1. The first-order valence-electron chi connectivity index (χ1n) is 14.9. The molecule has 1 aromatic carbocycles. The minimum absolute atomic E-state index is 0. The Labute approximate surface area is 265 Å². The van der Waals surface area contributed by atoms with Gasteiger partial charge in [0.2, 0.25) is 5.91 Å². The van der Waals surface area contributed by atoms with Crippen LogP contribution >= 0.6 is 24.8 Å². The fourth-order valence-corrected chi connectivity index (χ4v) is 5.44. The molecular formula is C31H56Cl2N4O5. The molecule has 1 fully saturated rings. The Balaban J connectivity index is 0.00000840. The average Bonchev–Trinajstić information content (AvgIpc) is 2.93. The molecule has 42 heavy (non-hydrogen) atoms. The van der Waals surface area contributed by atoms with Gasteiger partial charge in [-0.3, -0.25) is 9.59 Å². The van der Waals surface area contributed by atoms with Crippen molar-refractivity contribution in [2.24, 2.45) is 23.0 Å². The van der Waals surface area contributed by atoms with Gasteiger partial charge >= 0.3 is 0 Å². The smallest absolute Gasteiger partial charge is 0.255 e. The Hall–Kier alpha value is -1.62. The molecule has 11 heteroatoms. The van der Waals surface area contributed by atoms with Gasteiger partial charge in [0.05, 0.1) is 23.7 Å². The summed E-state index contributed by atoms with van der Waals surface area (Å²) in [7, 11) is 3.75. The highest BCUT2D eigenvalue weighted by Gasteiger charge is 2.40. The number of ether oxygens (including phenoxy) is 2. The van der Waals surface area contributed by atoms with Crippen LogP contribution in [0, 0.1) is 17.3 Å². The number of halogens is 2. The lowest BCUT2D eigenvalue weighted by atomic mass is 9.78. The van der Waals surface area contributed by atoms with Gasteiger partial charge in [-0.25, -0.2) is 0 Å². The molecule has 0 aliphatic carbocycles. The van der Waals surface area contributed by atoms with E-state index >= 15 is 0 Å². The zero-order chi connectivity index (χ0) is 29.7. The molecule has 0 bridgehead atoms. The van der Waals surface area contributed by atoms with Crippen molar-refractivity contribution in [3.05, 3.63) is 29.8 Å². The molecule has 0 spiro atoms. The standard InChI is InChI=1S/C31H54N4O5.2ClH/c1-22(2)23(20-33-29(37)24-13-7-8-14-27(24)40-18-12-11-17-39-6)19-25(32)26(36)21-34-30(38)31(3,4)28-15-9-10-16-35(28)5;;/h7-8,13-14,22-23,25-26,28,36H,9-12,15-21,32H2,1-6H3,(H,33,37)(H,34,38);2*1H/t23-,25+,26+,28-;;/m1../s1. The molecule has 2 rings (SSSR count). The molecule has 9 nitrogen and oxygen atoms in total. The van der Waals surface area contributed by atoms with Crippen molar-refractivity contribution >= 4 is 36.6 Å². The number of nitrogens with zero attached hydrogens (tertiary/aromatic N) is 1. The van der Waals surface area contributed by atoms with Crippen LogP contribution in [0.2, 0.25) is 0 Å². The van der Waals surface area contributed by atoms with Crippen LogP contribution in [0.25, 0.3) is 0 Å². The molecule has 244 valence electrons. The predicted octanol–water partition coefficient (Wildman–Crippen LogP) is 4.04. The fraction of sp³-hybridized carbons (Fsp3) is 0.742. The molecule has 2 amide bonds. The van der Waals surface area contributed by atoms with E-state index in [9.17, 15) is 14.7 Å². The van der Waals surface area contributed by atoms with Crippen LogP contribution in [-0.4, -0.2) is 87.0 Å². The van der Waals surface area contributed by atoms with Gasteiger partial charge in [0.25, 0.3) is 5.91 Å². The van der Waals surface area contributed by atoms with Gasteiger partial charge in [0.15, 0.2) is 0 Å². The maximum atomic E-state index is 13.1. The molecule has 1 aromatic rings. The highest BCUT2D eigenvalue weighted by Crippen LogP contribution is 2.31. The van der Waals surface area contributed by atoms with E-state index in [4.69, 9.17) is 15.2 Å².